The molecule has 1 atom stereocenters. The van der Waals surface area contributed by atoms with Crippen molar-refractivity contribution < 1.29 is 4.79 Å². The number of hydrogen-bond acceptors (Lipinski definition) is 1. The third-order valence-corrected chi connectivity index (χ3v) is 3.29. The zero-order valence-electron chi connectivity index (χ0n) is 11.4. The van der Waals surface area contributed by atoms with Crippen LogP contribution in [0.4, 0.5) is 4.79 Å². The molecule has 2 amide bonds. The minimum absolute atomic E-state index is 0.159. The van der Waals surface area contributed by atoms with Crippen LogP contribution in [0.1, 0.15) is 39.7 Å². The Morgan fingerprint density at radius 2 is 2.00 bits per heavy atom. The Labute approximate surface area is 114 Å². The molecule has 0 bridgehead atoms. The van der Waals surface area contributed by atoms with E-state index in [9.17, 15) is 4.79 Å². The number of amides is 2. The van der Waals surface area contributed by atoms with Gasteiger partial charge in [0.05, 0.1) is 5.54 Å². The first-order valence-electron chi connectivity index (χ1n) is 6.20. The first-order valence-corrected chi connectivity index (χ1v) is 6.58. The average molecular weight is 269 g/mol. The maximum absolute atomic E-state index is 11.8. The lowest BCUT2D eigenvalue weighted by molar-refractivity contribution is 0.226. The first-order chi connectivity index (χ1) is 8.36. The van der Waals surface area contributed by atoms with Gasteiger partial charge in [0.1, 0.15) is 0 Å². The van der Waals surface area contributed by atoms with Crippen molar-refractivity contribution in [2.45, 2.75) is 45.7 Å². The number of nitrogens with one attached hydrogen (secondary N) is 2. The highest BCUT2D eigenvalue weighted by molar-refractivity contribution is 6.31. The fourth-order valence-corrected chi connectivity index (χ4v) is 2.05. The van der Waals surface area contributed by atoms with Gasteiger partial charge in [-0.15, -0.1) is 0 Å². The van der Waals surface area contributed by atoms with E-state index in [0.29, 0.717) is 5.02 Å². The second kappa shape index (κ2) is 6.10. The maximum Gasteiger partial charge on any atom is 0.315 e. The van der Waals surface area contributed by atoms with E-state index in [1.54, 1.807) is 0 Å². The molecule has 1 rings (SSSR count). The average Bonchev–Trinajstić information content (AvgIpc) is 2.28. The largest absolute Gasteiger partial charge is 0.336 e. The molecule has 4 heteroatoms. The Morgan fingerprint density at radius 3 is 2.56 bits per heavy atom. The van der Waals surface area contributed by atoms with Crippen LogP contribution < -0.4 is 10.6 Å². The van der Waals surface area contributed by atoms with Crippen molar-refractivity contribution in [2.75, 3.05) is 0 Å². The summed E-state index contributed by atoms with van der Waals surface area (Å²) < 4.78 is 0. The standard InChI is InChI=1S/C14H21ClN2O/c1-5-10(2)16-13(18)17-14(3,4)11-8-6-7-9-12(11)15/h6-10H,5H2,1-4H3,(H2,16,17,18). The summed E-state index contributed by atoms with van der Waals surface area (Å²) in [5, 5.41) is 6.48. The third-order valence-electron chi connectivity index (χ3n) is 2.96. The van der Waals surface area contributed by atoms with Crippen molar-refractivity contribution in [3.8, 4) is 0 Å². The predicted octanol–water partition coefficient (Wildman–Crippen LogP) is 3.67. The summed E-state index contributed by atoms with van der Waals surface area (Å²) >= 11 is 6.15. The molecule has 2 N–H and O–H groups in total. The van der Waals surface area contributed by atoms with Crippen LogP contribution in [0.5, 0.6) is 0 Å². The van der Waals surface area contributed by atoms with Crippen LogP contribution in [-0.4, -0.2) is 12.1 Å². The molecule has 0 aliphatic rings. The number of hydrogen-bond donors (Lipinski definition) is 2. The topological polar surface area (TPSA) is 41.1 Å². The molecule has 3 nitrogen and oxygen atoms in total. The summed E-state index contributed by atoms with van der Waals surface area (Å²) in [4.78, 5) is 11.8. The fourth-order valence-electron chi connectivity index (χ4n) is 1.68. The van der Waals surface area contributed by atoms with Crippen molar-refractivity contribution in [1.29, 1.82) is 0 Å². The van der Waals surface area contributed by atoms with Gasteiger partial charge in [-0.05, 0) is 38.8 Å². The van der Waals surface area contributed by atoms with E-state index in [4.69, 9.17) is 11.6 Å². The maximum atomic E-state index is 11.8. The molecule has 0 aliphatic heterocycles. The van der Waals surface area contributed by atoms with Crippen molar-refractivity contribution in [3.05, 3.63) is 34.9 Å². The lowest BCUT2D eigenvalue weighted by Crippen LogP contribution is -2.48. The Morgan fingerprint density at radius 1 is 1.39 bits per heavy atom. The van der Waals surface area contributed by atoms with E-state index in [-0.39, 0.29) is 12.1 Å². The summed E-state index contributed by atoms with van der Waals surface area (Å²) in [6.45, 7) is 7.88. The molecule has 0 radical (unpaired) electrons. The molecule has 0 spiro atoms. The Kier molecular flexibility index (Phi) is 5.03. The number of rotatable bonds is 4. The number of benzene rings is 1. The van der Waals surface area contributed by atoms with Gasteiger partial charge in [-0.1, -0.05) is 36.7 Å². The van der Waals surface area contributed by atoms with Crippen LogP contribution in [0, 0.1) is 0 Å². The van der Waals surface area contributed by atoms with E-state index in [1.165, 1.54) is 0 Å². The first kappa shape index (κ1) is 14.8. The van der Waals surface area contributed by atoms with Gasteiger partial charge < -0.3 is 10.6 Å². The lowest BCUT2D eigenvalue weighted by Gasteiger charge is -2.28. The SMILES string of the molecule is CCC(C)NC(=O)NC(C)(C)c1ccccc1Cl. The normalized spacial score (nSPS) is 12.9. The molecule has 0 heterocycles. The summed E-state index contributed by atoms with van der Waals surface area (Å²) in [6.07, 6.45) is 0.903. The van der Waals surface area contributed by atoms with E-state index < -0.39 is 5.54 Å². The number of urea groups is 1. The molecule has 18 heavy (non-hydrogen) atoms. The number of carbonyl (C=O) groups excluding carboxylic acids is 1. The Balaban J connectivity index is 2.76. The van der Waals surface area contributed by atoms with Gasteiger partial charge in [0.25, 0.3) is 0 Å². The van der Waals surface area contributed by atoms with Crippen LogP contribution in [0.25, 0.3) is 0 Å². The highest BCUT2D eigenvalue weighted by atomic mass is 35.5. The molecule has 0 aromatic heterocycles. The Bertz CT molecular complexity index is 418. The molecule has 1 unspecified atom stereocenters. The highest BCUT2D eigenvalue weighted by Crippen LogP contribution is 2.27. The fraction of sp³-hybridized carbons (Fsp3) is 0.500. The minimum atomic E-state index is -0.504. The lowest BCUT2D eigenvalue weighted by atomic mass is 9.94. The predicted molar refractivity (Wildman–Crippen MR) is 75.9 cm³/mol. The third kappa shape index (κ3) is 3.91. The molecular weight excluding hydrogens is 248 g/mol. The van der Waals surface area contributed by atoms with Crippen LogP contribution in [0.2, 0.25) is 5.02 Å². The second-order valence-electron chi connectivity index (χ2n) is 5.01. The summed E-state index contributed by atoms with van der Waals surface area (Å²) in [7, 11) is 0. The molecule has 1 aromatic carbocycles. The van der Waals surface area contributed by atoms with Gasteiger partial charge in [0.2, 0.25) is 0 Å². The van der Waals surface area contributed by atoms with Crippen molar-refractivity contribution >= 4 is 17.6 Å². The molecular formula is C14H21ClN2O. The summed E-state index contributed by atoms with van der Waals surface area (Å²) in [5.74, 6) is 0. The van der Waals surface area contributed by atoms with Gasteiger partial charge in [-0.25, -0.2) is 4.79 Å². The summed E-state index contributed by atoms with van der Waals surface area (Å²) in [6, 6.07) is 7.53. The minimum Gasteiger partial charge on any atom is -0.336 e. The molecule has 1 aromatic rings. The van der Waals surface area contributed by atoms with Crippen LogP contribution in [0.3, 0.4) is 0 Å². The van der Waals surface area contributed by atoms with Gasteiger partial charge in [-0.3, -0.25) is 0 Å². The number of carbonyl (C=O) groups is 1. The Hall–Kier alpha value is -1.22. The van der Waals surface area contributed by atoms with E-state index in [1.807, 2.05) is 52.0 Å². The van der Waals surface area contributed by atoms with Crippen LogP contribution in [0.15, 0.2) is 24.3 Å². The van der Waals surface area contributed by atoms with Gasteiger partial charge in [0.15, 0.2) is 0 Å². The van der Waals surface area contributed by atoms with Crippen molar-refractivity contribution in [1.82, 2.24) is 10.6 Å². The monoisotopic (exact) mass is 268 g/mol. The smallest absolute Gasteiger partial charge is 0.315 e. The van der Waals surface area contributed by atoms with Gasteiger partial charge in [-0.2, -0.15) is 0 Å². The zero-order valence-corrected chi connectivity index (χ0v) is 12.1. The molecule has 0 saturated carbocycles. The second-order valence-corrected chi connectivity index (χ2v) is 5.42. The summed E-state index contributed by atoms with van der Waals surface area (Å²) in [5.41, 5.74) is 0.404. The van der Waals surface area contributed by atoms with Gasteiger partial charge >= 0.3 is 6.03 Å². The highest BCUT2D eigenvalue weighted by Gasteiger charge is 2.25. The van der Waals surface area contributed by atoms with E-state index in [0.717, 1.165) is 12.0 Å². The molecule has 0 aliphatic carbocycles. The van der Waals surface area contributed by atoms with Crippen molar-refractivity contribution in [3.63, 3.8) is 0 Å². The zero-order chi connectivity index (χ0) is 13.8. The van der Waals surface area contributed by atoms with E-state index in [2.05, 4.69) is 10.6 Å². The number of halogens is 1. The van der Waals surface area contributed by atoms with Crippen LogP contribution in [-0.2, 0) is 5.54 Å². The quantitative estimate of drug-likeness (QED) is 0.859. The van der Waals surface area contributed by atoms with Crippen molar-refractivity contribution in [2.24, 2.45) is 0 Å². The van der Waals surface area contributed by atoms with Gasteiger partial charge in [0, 0.05) is 11.1 Å². The van der Waals surface area contributed by atoms with Crippen LogP contribution >= 0.6 is 11.6 Å². The van der Waals surface area contributed by atoms with E-state index >= 15 is 0 Å². The molecule has 0 fully saturated rings. The molecule has 100 valence electrons. The molecule has 0 saturated heterocycles.